The molecule has 1 heteroatoms. The standard InChI is InChI=1S/C10H21N/c1-4-9-5-7(2)10(11)8(3)6-9/h7-10H,4-6,11H2,1-3H3. The molecular formula is C10H21N. The maximum absolute atomic E-state index is 6.04. The second-order valence-corrected chi connectivity index (χ2v) is 4.28. The van der Waals surface area contributed by atoms with Crippen LogP contribution in [-0.2, 0) is 0 Å². The summed E-state index contributed by atoms with van der Waals surface area (Å²) in [6, 6.07) is 0.456. The Balaban J connectivity index is 2.47. The highest BCUT2D eigenvalue weighted by Gasteiger charge is 2.29. The summed E-state index contributed by atoms with van der Waals surface area (Å²) in [6.07, 6.45) is 4.03. The molecule has 66 valence electrons. The number of nitrogens with two attached hydrogens (primary N) is 1. The minimum Gasteiger partial charge on any atom is -0.327 e. The van der Waals surface area contributed by atoms with Gasteiger partial charge in [-0.2, -0.15) is 0 Å². The topological polar surface area (TPSA) is 26.0 Å². The van der Waals surface area contributed by atoms with E-state index >= 15 is 0 Å². The van der Waals surface area contributed by atoms with Crippen molar-refractivity contribution in [2.75, 3.05) is 0 Å². The molecule has 2 N–H and O–H groups in total. The minimum absolute atomic E-state index is 0.456. The summed E-state index contributed by atoms with van der Waals surface area (Å²) in [5.74, 6) is 2.42. The van der Waals surface area contributed by atoms with Crippen LogP contribution in [0.3, 0.4) is 0 Å². The Morgan fingerprint density at radius 3 is 2.00 bits per heavy atom. The van der Waals surface area contributed by atoms with Crippen LogP contribution in [0.4, 0.5) is 0 Å². The van der Waals surface area contributed by atoms with E-state index in [1.54, 1.807) is 0 Å². The molecule has 0 radical (unpaired) electrons. The van der Waals surface area contributed by atoms with Gasteiger partial charge >= 0.3 is 0 Å². The van der Waals surface area contributed by atoms with Crippen LogP contribution >= 0.6 is 0 Å². The van der Waals surface area contributed by atoms with Crippen LogP contribution in [0.5, 0.6) is 0 Å². The van der Waals surface area contributed by atoms with Gasteiger partial charge in [0.2, 0.25) is 0 Å². The SMILES string of the molecule is CCC1CC(C)C(N)C(C)C1. The molecule has 1 aliphatic carbocycles. The van der Waals surface area contributed by atoms with Crippen molar-refractivity contribution in [1.82, 2.24) is 0 Å². The first-order chi connectivity index (χ1) is 5.15. The van der Waals surface area contributed by atoms with Crippen LogP contribution in [0.1, 0.15) is 40.0 Å². The van der Waals surface area contributed by atoms with Crippen LogP contribution in [0.2, 0.25) is 0 Å². The van der Waals surface area contributed by atoms with Crippen molar-refractivity contribution in [3.63, 3.8) is 0 Å². The lowest BCUT2D eigenvalue weighted by Gasteiger charge is -2.36. The van der Waals surface area contributed by atoms with Gasteiger partial charge in [-0.3, -0.25) is 0 Å². The third-order valence-electron chi connectivity index (χ3n) is 3.30. The monoisotopic (exact) mass is 155 g/mol. The molecule has 2 unspecified atom stereocenters. The van der Waals surface area contributed by atoms with Crippen LogP contribution in [0.15, 0.2) is 0 Å². The second-order valence-electron chi connectivity index (χ2n) is 4.28. The van der Waals surface area contributed by atoms with Gasteiger partial charge < -0.3 is 5.73 Å². The zero-order valence-corrected chi connectivity index (χ0v) is 8.01. The van der Waals surface area contributed by atoms with Crippen molar-refractivity contribution in [2.45, 2.75) is 46.1 Å². The highest BCUT2D eigenvalue weighted by molar-refractivity contribution is 4.84. The second kappa shape index (κ2) is 3.57. The molecular weight excluding hydrogens is 134 g/mol. The highest BCUT2D eigenvalue weighted by atomic mass is 14.7. The van der Waals surface area contributed by atoms with Gasteiger partial charge in [0.25, 0.3) is 0 Å². The van der Waals surface area contributed by atoms with E-state index in [-0.39, 0.29) is 0 Å². The van der Waals surface area contributed by atoms with E-state index < -0.39 is 0 Å². The predicted molar refractivity (Wildman–Crippen MR) is 49.3 cm³/mol. The molecule has 0 aliphatic heterocycles. The Labute approximate surface area is 70.4 Å². The first kappa shape index (κ1) is 9.05. The van der Waals surface area contributed by atoms with E-state index in [0.29, 0.717) is 6.04 Å². The van der Waals surface area contributed by atoms with E-state index in [9.17, 15) is 0 Å². The summed E-state index contributed by atoms with van der Waals surface area (Å²) in [5.41, 5.74) is 6.04. The Bertz CT molecular complexity index is 110. The van der Waals surface area contributed by atoms with Crippen molar-refractivity contribution in [3.05, 3.63) is 0 Å². The average molecular weight is 155 g/mol. The molecule has 0 aromatic carbocycles. The van der Waals surface area contributed by atoms with E-state index in [2.05, 4.69) is 20.8 Å². The third kappa shape index (κ3) is 1.96. The zero-order valence-electron chi connectivity index (χ0n) is 8.01. The number of hydrogen-bond acceptors (Lipinski definition) is 1. The van der Waals surface area contributed by atoms with Crippen molar-refractivity contribution < 1.29 is 0 Å². The fourth-order valence-corrected chi connectivity index (χ4v) is 2.36. The van der Waals surface area contributed by atoms with Gasteiger partial charge in [0.15, 0.2) is 0 Å². The Hall–Kier alpha value is -0.0400. The van der Waals surface area contributed by atoms with E-state index in [4.69, 9.17) is 5.73 Å². The van der Waals surface area contributed by atoms with Crippen LogP contribution in [0.25, 0.3) is 0 Å². The molecule has 0 spiro atoms. The summed E-state index contributed by atoms with van der Waals surface area (Å²) >= 11 is 0. The van der Waals surface area contributed by atoms with Gasteiger partial charge in [0, 0.05) is 6.04 Å². The lowest BCUT2D eigenvalue weighted by Crippen LogP contribution is -2.40. The quantitative estimate of drug-likeness (QED) is 0.618. The summed E-state index contributed by atoms with van der Waals surface area (Å²) in [5, 5.41) is 0. The summed E-state index contributed by atoms with van der Waals surface area (Å²) < 4.78 is 0. The fraction of sp³-hybridized carbons (Fsp3) is 1.00. The van der Waals surface area contributed by atoms with Gasteiger partial charge in [-0.1, -0.05) is 27.2 Å². The van der Waals surface area contributed by atoms with Crippen molar-refractivity contribution in [3.8, 4) is 0 Å². The van der Waals surface area contributed by atoms with Gasteiger partial charge in [0.1, 0.15) is 0 Å². The molecule has 1 saturated carbocycles. The molecule has 1 aliphatic rings. The van der Waals surface area contributed by atoms with Crippen molar-refractivity contribution >= 4 is 0 Å². The fourth-order valence-electron chi connectivity index (χ4n) is 2.36. The van der Waals surface area contributed by atoms with Gasteiger partial charge in [-0.15, -0.1) is 0 Å². The average Bonchev–Trinajstić information content (AvgIpc) is 1.99. The first-order valence-electron chi connectivity index (χ1n) is 4.90. The lowest BCUT2D eigenvalue weighted by atomic mass is 9.73. The number of hydrogen-bond donors (Lipinski definition) is 1. The first-order valence-corrected chi connectivity index (χ1v) is 4.90. The zero-order chi connectivity index (χ0) is 8.43. The molecule has 1 nitrogen and oxygen atoms in total. The van der Waals surface area contributed by atoms with E-state index in [1.807, 2.05) is 0 Å². The maximum atomic E-state index is 6.04. The van der Waals surface area contributed by atoms with Gasteiger partial charge in [-0.05, 0) is 30.6 Å². The minimum atomic E-state index is 0.456. The number of rotatable bonds is 1. The highest BCUT2D eigenvalue weighted by Crippen LogP contribution is 2.33. The predicted octanol–water partition coefficient (Wildman–Crippen LogP) is 2.41. The van der Waals surface area contributed by atoms with E-state index in [1.165, 1.54) is 19.3 Å². The van der Waals surface area contributed by atoms with Crippen LogP contribution < -0.4 is 5.73 Å². The Kier molecular flexibility index (Phi) is 2.94. The van der Waals surface area contributed by atoms with E-state index in [0.717, 1.165) is 17.8 Å². The molecule has 0 saturated heterocycles. The molecule has 0 bridgehead atoms. The van der Waals surface area contributed by atoms with Crippen LogP contribution in [0, 0.1) is 17.8 Å². The largest absolute Gasteiger partial charge is 0.327 e. The third-order valence-corrected chi connectivity index (χ3v) is 3.30. The molecule has 0 aromatic heterocycles. The molecule has 1 rings (SSSR count). The summed E-state index contributed by atoms with van der Waals surface area (Å²) in [7, 11) is 0. The van der Waals surface area contributed by atoms with Gasteiger partial charge in [-0.25, -0.2) is 0 Å². The molecule has 11 heavy (non-hydrogen) atoms. The molecule has 0 amide bonds. The summed E-state index contributed by atoms with van der Waals surface area (Å²) in [4.78, 5) is 0. The Morgan fingerprint density at radius 1 is 1.18 bits per heavy atom. The van der Waals surface area contributed by atoms with Crippen LogP contribution in [-0.4, -0.2) is 6.04 Å². The maximum Gasteiger partial charge on any atom is 0.00905 e. The Morgan fingerprint density at radius 2 is 1.64 bits per heavy atom. The van der Waals surface area contributed by atoms with Crippen molar-refractivity contribution in [1.29, 1.82) is 0 Å². The van der Waals surface area contributed by atoms with Gasteiger partial charge in [0.05, 0.1) is 0 Å². The van der Waals surface area contributed by atoms with Crippen molar-refractivity contribution in [2.24, 2.45) is 23.5 Å². The molecule has 0 heterocycles. The molecule has 1 fully saturated rings. The molecule has 2 atom stereocenters. The lowest BCUT2D eigenvalue weighted by molar-refractivity contribution is 0.180. The summed E-state index contributed by atoms with van der Waals surface area (Å²) in [6.45, 7) is 6.88. The molecule has 0 aromatic rings. The smallest absolute Gasteiger partial charge is 0.00905 e. The normalized spacial score (nSPS) is 45.8.